The number of anilines is 1. The Balaban J connectivity index is 1.80. The maximum atomic E-state index is 5.56. The minimum Gasteiger partial charge on any atom is -0.467 e. The fourth-order valence-corrected chi connectivity index (χ4v) is 2.92. The SMILES string of the molecule is COCC(Nc1nc(-c2ccccc2)nc2ccccc12)c1ccco1. The monoisotopic (exact) mass is 345 g/mol. The van der Waals surface area contributed by atoms with E-state index in [9.17, 15) is 0 Å². The van der Waals surface area contributed by atoms with E-state index in [0.29, 0.717) is 12.4 Å². The average Bonchev–Trinajstić information content (AvgIpc) is 3.23. The number of hydrogen-bond donors (Lipinski definition) is 1. The maximum absolute atomic E-state index is 5.56. The molecule has 1 atom stereocenters. The summed E-state index contributed by atoms with van der Waals surface area (Å²) in [5, 5.41) is 4.42. The molecule has 4 aromatic rings. The van der Waals surface area contributed by atoms with Gasteiger partial charge in [0.15, 0.2) is 5.82 Å². The highest BCUT2D eigenvalue weighted by Crippen LogP contribution is 2.28. The standard InChI is InChI=1S/C21H19N3O2/c1-25-14-18(19-12-7-13-26-19)23-21-16-10-5-6-11-17(16)22-20(24-21)15-8-3-2-4-9-15/h2-13,18H,14H2,1H3,(H,22,23,24). The van der Waals surface area contributed by atoms with Crippen molar-refractivity contribution in [2.45, 2.75) is 6.04 Å². The molecule has 5 nitrogen and oxygen atoms in total. The van der Waals surface area contributed by atoms with Gasteiger partial charge in [0.2, 0.25) is 0 Å². The van der Waals surface area contributed by atoms with E-state index in [2.05, 4.69) is 5.32 Å². The molecule has 2 heterocycles. The van der Waals surface area contributed by atoms with Crippen LogP contribution in [0.4, 0.5) is 5.82 Å². The fraction of sp³-hybridized carbons (Fsp3) is 0.143. The van der Waals surface area contributed by atoms with Gasteiger partial charge in [0, 0.05) is 18.1 Å². The number of furan rings is 1. The second kappa shape index (κ2) is 7.37. The minimum atomic E-state index is -0.142. The molecule has 5 heteroatoms. The first kappa shape index (κ1) is 16.3. The molecule has 0 radical (unpaired) electrons. The Morgan fingerprint density at radius 2 is 1.77 bits per heavy atom. The van der Waals surface area contributed by atoms with Crippen molar-refractivity contribution >= 4 is 16.7 Å². The van der Waals surface area contributed by atoms with E-state index < -0.39 is 0 Å². The first-order chi connectivity index (χ1) is 12.8. The molecule has 0 aliphatic heterocycles. The lowest BCUT2D eigenvalue weighted by molar-refractivity contribution is 0.178. The van der Waals surface area contributed by atoms with Crippen LogP contribution in [0, 0.1) is 0 Å². The molecule has 0 aliphatic rings. The molecule has 0 bridgehead atoms. The van der Waals surface area contributed by atoms with Gasteiger partial charge < -0.3 is 14.5 Å². The summed E-state index contributed by atoms with van der Waals surface area (Å²) in [5.74, 6) is 2.24. The smallest absolute Gasteiger partial charge is 0.162 e. The van der Waals surface area contributed by atoms with Crippen molar-refractivity contribution in [2.24, 2.45) is 0 Å². The molecule has 0 saturated carbocycles. The van der Waals surface area contributed by atoms with Crippen molar-refractivity contribution in [2.75, 3.05) is 19.0 Å². The molecule has 0 amide bonds. The van der Waals surface area contributed by atoms with Crippen LogP contribution in [0.25, 0.3) is 22.3 Å². The molecule has 0 spiro atoms. The largest absolute Gasteiger partial charge is 0.467 e. The summed E-state index contributed by atoms with van der Waals surface area (Å²) < 4.78 is 10.9. The van der Waals surface area contributed by atoms with Crippen molar-refractivity contribution in [1.82, 2.24) is 9.97 Å². The number of rotatable bonds is 6. The van der Waals surface area contributed by atoms with Crippen molar-refractivity contribution in [3.05, 3.63) is 78.8 Å². The van der Waals surface area contributed by atoms with Gasteiger partial charge in [-0.05, 0) is 24.3 Å². The summed E-state index contributed by atoms with van der Waals surface area (Å²) in [6.45, 7) is 0.465. The van der Waals surface area contributed by atoms with Crippen molar-refractivity contribution in [1.29, 1.82) is 0 Å². The molecule has 0 aliphatic carbocycles. The lowest BCUT2D eigenvalue weighted by Crippen LogP contribution is -2.17. The van der Waals surface area contributed by atoms with E-state index in [-0.39, 0.29) is 6.04 Å². The van der Waals surface area contributed by atoms with Gasteiger partial charge in [-0.15, -0.1) is 0 Å². The number of nitrogens with one attached hydrogen (secondary N) is 1. The molecular formula is C21H19N3O2. The van der Waals surface area contributed by atoms with Gasteiger partial charge in [0.1, 0.15) is 17.6 Å². The number of aromatic nitrogens is 2. The summed E-state index contributed by atoms with van der Waals surface area (Å²) in [7, 11) is 1.67. The van der Waals surface area contributed by atoms with Crippen molar-refractivity contribution < 1.29 is 9.15 Å². The molecular weight excluding hydrogens is 326 g/mol. The van der Waals surface area contributed by atoms with Crippen LogP contribution in [0.2, 0.25) is 0 Å². The molecule has 130 valence electrons. The first-order valence-corrected chi connectivity index (χ1v) is 8.46. The predicted octanol–water partition coefficient (Wildman–Crippen LogP) is 4.69. The Morgan fingerprint density at radius 1 is 0.962 bits per heavy atom. The number of ether oxygens (including phenoxy) is 1. The maximum Gasteiger partial charge on any atom is 0.162 e. The molecule has 0 fully saturated rings. The van der Waals surface area contributed by atoms with Crippen LogP contribution in [-0.2, 0) is 4.74 Å². The van der Waals surface area contributed by atoms with E-state index >= 15 is 0 Å². The first-order valence-electron chi connectivity index (χ1n) is 8.46. The number of para-hydroxylation sites is 1. The van der Waals surface area contributed by atoms with E-state index in [1.165, 1.54) is 0 Å². The van der Waals surface area contributed by atoms with Crippen LogP contribution in [0.5, 0.6) is 0 Å². The number of hydrogen-bond acceptors (Lipinski definition) is 5. The Hall–Kier alpha value is -3.18. The van der Waals surface area contributed by atoms with E-state index in [0.717, 1.165) is 28.0 Å². The summed E-state index contributed by atoms with van der Waals surface area (Å²) in [5.41, 5.74) is 1.86. The van der Waals surface area contributed by atoms with Crippen LogP contribution in [-0.4, -0.2) is 23.7 Å². The van der Waals surface area contributed by atoms with Gasteiger partial charge in [-0.3, -0.25) is 0 Å². The number of nitrogens with zero attached hydrogens (tertiary/aromatic N) is 2. The van der Waals surface area contributed by atoms with Crippen LogP contribution in [0.1, 0.15) is 11.8 Å². The third-order valence-corrected chi connectivity index (χ3v) is 4.17. The Kier molecular flexibility index (Phi) is 4.62. The third-order valence-electron chi connectivity index (χ3n) is 4.17. The normalized spacial score (nSPS) is 12.2. The molecule has 1 unspecified atom stereocenters. The van der Waals surface area contributed by atoms with E-state index in [1.54, 1.807) is 13.4 Å². The molecule has 2 aromatic carbocycles. The Morgan fingerprint density at radius 3 is 2.54 bits per heavy atom. The van der Waals surface area contributed by atoms with Gasteiger partial charge >= 0.3 is 0 Å². The van der Waals surface area contributed by atoms with E-state index in [4.69, 9.17) is 19.1 Å². The van der Waals surface area contributed by atoms with Crippen LogP contribution < -0.4 is 5.32 Å². The third kappa shape index (κ3) is 3.30. The second-order valence-corrected chi connectivity index (χ2v) is 5.95. The van der Waals surface area contributed by atoms with Gasteiger partial charge in [-0.1, -0.05) is 42.5 Å². The van der Waals surface area contributed by atoms with Crippen molar-refractivity contribution in [3.8, 4) is 11.4 Å². The average molecular weight is 345 g/mol. The Bertz CT molecular complexity index is 985. The lowest BCUT2D eigenvalue weighted by atomic mass is 10.1. The number of benzene rings is 2. The zero-order valence-corrected chi connectivity index (χ0v) is 14.4. The zero-order chi connectivity index (χ0) is 17.8. The predicted molar refractivity (Wildman–Crippen MR) is 102 cm³/mol. The summed E-state index contributed by atoms with van der Waals surface area (Å²) >= 11 is 0. The molecule has 4 rings (SSSR count). The van der Waals surface area contributed by atoms with Gasteiger partial charge in [0.05, 0.1) is 18.4 Å². The summed E-state index contributed by atoms with van der Waals surface area (Å²) in [6, 6.07) is 21.6. The number of methoxy groups -OCH3 is 1. The molecule has 2 aromatic heterocycles. The van der Waals surface area contributed by atoms with Gasteiger partial charge in [0.25, 0.3) is 0 Å². The van der Waals surface area contributed by atoms with Crippen molar-refractivity contribution in [3.63, 3.8) is 0 Å². The van der Waals surface area contributed by atoms with Gasteiger partial charge in [-0.2, -0.15) is 0 Å². The minimum absolute atomic E-state index is 0.142. The highest BCUT2D eigenvalue weighted by atomic mass is 16.5. The highest BCUT2D eigenvalue weighted by Gasteiger charge is 2.17. The topological polar surface area (TPSA) is 60.2 Å². The van der Waals surface area contributed by atoms with Gasteiger partial charge in [-0.25, -0.2) is 9.97 Å². The zero-order valence-electron chi connectivity index (χ0n) is 14.4. The quantitative estimate of drug-likeness (QED) is 0.549. The lowest BCUT2D eigenvalue weighted by Gasteiger charge is -2.18. The Labute approximate surface area is 151 Å². The summed E-state index contributed by atoms with van der Waals surface area (Å²) in [4.78, 5) is 9.50. The van der Waals surface area contributed by atoms with E-state index in [1.807, 2.05) is 66.7 Å². The summed E-state index contributed by atoms with van der Waals surface area (Å²) in [6.07, 6.45) is 1.66. The number of fused-ring (bicyclic) bond motifs is 1. The highest BCUT2D eigenvalue weighted by molar-refractivity contribution is 5.90. The van der Waals surface area contributed by atoms with Crippen LogP contribution in [0.15, 0.2) is 77.4 Å². The van der Waals surface area contributed by atoms with Crippen LogP contribution >= 0.6 is 0 Å². The molecule has 26 heavy (non-hydrogen) atoms. The molecule has 1 N–H and O–H groups in total. The molecule has 0 saturated heterocycles. The second-order valence-electron chi connectivity index (χ2n) is 5.95. The fourth-order valence-electron chi connectivity index (χ4n) is 2.92. The van der Waals surface area contributed by atoms with Crippen LogP contribution in [0.3, 0.4) is 0 Å².